The molecule has 0 spiro atoms. The van der Waals surface area contributed by atoms with E-state index in [0.717, 1.165) is 48.4 Å². The van der Waals surface area contributed by atoms with Crippen LogP contribution in [-0.4, -0.2) is 49.1 Å². The first-order valence-electron chi connectivity index (χ1n) is 5.99. The van der Waals surface area contributed by atoms with Gasteiger partial charge in [-0.2, -0.15) is 0 Å². The van der Waals surface area contributed by atoms with Gasteiger partial charge in [0, 0.05) is 27.1 Å². The molecule has 18 heavy (non-hydrogen) atoms. The van der Waals surface area contributed by atoms with Gasteiger partial charge in [0.25, 0.3) is 0 Å². The van der Waals surface area contributed by atoms with Crippen LogP contribution in [0.5, 0.6) is 0 Å². The van der Waals surface area contributed by atoms with Crippen molar-refractivity contribution in [2.45, 2.75) is 20.1 Å². The SMILES string of the molecule is COCc1nc(CN2CCOCC2)sc1C(C)=O. The van der Waals surface area contributed by atoms with Crippen molar-refractivity contribution in [2.75, 3.05) is 33.4 Å². The summed E-state index contributed by atoms with van der Waals surface area (Å²) < 4.78 is 10.4. The van der Waals surface area contributed by atoms with Gasteiger partial charge in [-0.05, 0) is 0 Å². The fourth-order valence-electron chi connectivity index (χ4n) is 1.93. The Morgan fingerprint density at radius 1 is 1.50 bits per heavy atom. The Bertz CT molecular complexity index is 413. The van der Waals surface area contributed by atoms with E-state index in [1.165, 1.54) is 11.3 Å². The number of thiazole rings is 1. The number of Topliss-reactive ketones (excluding diaryl/α,β-unsaturated/α-hetero) is 1. The molecule has 0 aliphatic carbocycles. The van der Waals surface area contributed by atoms with Crippen molar-refractivity contribution in [1.29, 1.82) is 0 Å². The van der Waals surface area contributed by atoms with Crippen LogP contribution in [0.25, 0.3) is 0 Å². The molecule has 100 valence electrons. The minimum atomic E-state index is 0.0628. The predicted molar refractivity (Wildman–Crippen MR) is 68.9 cm³/mol. The molecule has 0 amide bonds. The summed E-state index contributed by atoms with van der Waals surface area (Å²) in [5, 5.41) is 0.981. The smallest absolute Gasteiger partial charge is 0.171 e. The number of hydrogen-bond acceptors (Lipinski definition) is 6. The summed E-state index contributed by atoms with van der Waals surface area (Å²) in [6.45, 7) is 6.16. The fraction of sp³-hybridized carbons (Fsp3) is 0.667. The van der Waals surface area contributed by atoms with E-state index in [2.05, 4.69) is 9.88 Å². The van der Waals surface area contributed by atoms with Gasteiger partial charge in [0.15, 0.2) is 5.78 Å². The van der Waals surface area contributed by atoms with Crippen molar-refractivity contribution >= 4 is 17.1 Å². The second kappa shape index (κ2) is 6.38. The highest BCUT2D eigenvalue weighted by atomic mass is 32.1. The number of carbonyl (C=O) groups excluding carboxylic acids is 1. The lowest BCUT2D eigenvalue weighted by atomic mass is 10.3. The van der Waals surface area contributed by atoms with Crippen LogP contribution < -0.4 is 0 Å². The fourth-order valence-corrected chi connectivity index (χ4v) is 2.93. The molecule has 1 aliphatic heterocycles. The van der Waals surface area contributed by atoms with Gasteiger partial charge in [-0.1, -0.05) is 0 Å². The van der Waals surface area contributed by atoms with Gasteiger partial charge in [-0.25, -0.2) is 4.98 Å². The molecule has 2 heterocycles. The van der Waals surface area contributed by atoms with E-state index in [-0.39, 0.29) is 5.78 Å². The Morgan fingerprint density at radius 3 is 2.83 bits per heavy atom. The average molecular weight is 270 g/mol. The Labute approximate surface area is 111 Å². The Balaban J connectivity index is 2.07. The lowest BCUT2D eigenvalue weighted by Gasteiger charge is -2.25. The highest BCUT2D eigenvalue weighted by Crippen LogP contribution is 2.21. The minimum absolute atomic E-state index is 0.0628. The highest BCUT2D eigenvalue weighted by molar-refractivity contribution is 7.13. The van der Waals surface area contributed by atoms with Crippen molar-refractivity contribution in [2.24, 2.45) is 0 Å². The molecule has 1 aromatic heterocycles. The number of carbonyl (C=O) groups is 1. The summed E-state index contributed by atoms with van der Waals surface area (Å²) >= 11 is 1.48. The third kappa shape index (κ3) is 3.35. The molecule has 0 N–H and O–H groups in total. The molecule has 2 rings (SSSR count). The molecule has 0 aromatic carbocycles. The molecule has 6 heteroatoms. The Hall–Kier alpha value is -0.820. The molecule has 0 bridgehead atoms. The molecule has 1 aromatic rings. The van der Waals surface area contributed by atoms with Gasteiger partial charge < -0.3 is 9.47 Å². The molecular weight excluding hydrogens is 252 g/mol. The number of morpholine rings is 1. The van der Waals surface area contributed by atoms with Crippen LogP contribution in [0.1, 0.15) is 27.3 Å². The Morgan fingerprint density at radius 2 is 2.22 bits per heavy atom. The van der Waals surface area contributed by atoms with Crippen LogP contribution in [0, 0.1) is 0 Å². The van der Waals surface area contributed by atoms with Gasteiger partial charge in [0.2, 0.25) is 0 Å². The lowest BCUT2D eigenvalue weighted by molar-refractivity contribution is 0.0341. The van der Waals surface area contributed by atoms with Gasteiger partial charge in [0.05, 0.1) is 36.9 Å². The van der Waals surface area contributed by atoms with Crippen LogP contribution in [-0.2, 0) is 22.6 Å². The van der Waals surface area contributed by atoms with Gasteiger partial charge in [-0.3, -0.25) is 9.69 Å². The molecular formula is C12H18N2O3S. The molecule has 5 nitrogen and oxygen atoms in total. The van der Waals surface area contributed by atoms with E-state index >= 15 is 0 Å². The van der Waals surface area contributed by atoms with Crippen LogP contribution >= 0.6 is 11.3 Å². The van der Waals surface area contributed by atoms with E-state index in [1.807, 2.05) is 0 Å². The maximum Gasteiger partial charge on any atom is 0.171 e. The topological polar surface area (TPSA) is 51.7 Å². The summed E-state index contributed by atoms with van der Waals surface area (Å²) in [7, 11) is 1.62. The lowest BCUT2D eigenvalue weighted by Crippen LogP contribution is -2.35. The first-order chi connectivity index (χ1) is 8.70. The maximum absolute atomic E-state index is 11.5. The number of aromatic nitrogens is 1. The van der Waals surface area contributed by atoms with E-state index in [9.17, 15) is 4.79 Å². The van der Waals surface area contributed by atoms with E-state index in [0.29, 0.717) is 6.61 Å². The van der Waals surface area contributed by atoms with Gasteiger partial charge >= 0.3 is 0 Å². The normalized spacial score (nSPS) is 17.0. The van der Waals surface area contributed by atoms with E-state index < -0.39 is 0 Å². The first kappa shape index (κ1) is 13.6. The van der Waals surface area contributed by atoms with Crippen molar-refractivity contribution in [1.82, 2.24) is 9.88 Å². The van der Waals surface area contributed by atoms with Crippen molar-refractivity contribution in [3.8, 4) is 0 Å². The number of ether oxygens (including phenoxy) is 2. The molecule has 0 saturated carbocycles. The zero-order valence-electron chi connectivity index (χ0n) is 10.8. The zero-order valence-corrected chi connectivity index (χ0v) is 11.6. The van der Waals surface area contributed by atoms with Crippen molar-refractivity contribution in [3.63, 3.8) is 0 Å². The number of ketones is 1. The standard InChI is InChI=1S/C12H18N2O3S/c1-9(15)12-10(8-16-2)13-11(18-12)7-14-3-5-17-6-4-14/h3-8H2,1-2H3. The molecule has 0 radical (unpaired) electrons. The third-order valence-corrected chi connectivity index (χ3v) is 3.99. The zero-order chi connectivity index (χ0) is 13.0. The van der Waals surface area contributed by atoms with Crippen LogP contribution in [0.4, 0.5) is 0 Å². The monoisotopic (exact) mass is 270 g/mol. The van der Waals surface area contributed by atoms with Crippen LogP contribution in [0.3, 0.4) is 0 Å². The highest BCUT2D eigenvalue weighted by Gasteiger charge is 2.17. The van der Waals surface area contributed by atoms with E-state index in [4.69, 9.17) is 9.47 Å². The average Bonchev–Trinajstić information content (AvgIpc) is 2.74. The maximum atomic E-state index is 11.5. The van der Waals surface area contributed by atoms with Crippen LogP contribution in [0.15, 0.2) is 0 Å². The number of hydrogen-bond donors (Lipinski definition) is 0. The number of nitrogens with zero attached hydrogens (tertiary/aromatic N) is 2. The largest absolute Gasteiger partial charge is 0.379 e. The molecule has 1 fully saturated rings. The van der Waals surface area contributed by atoms with Gasteiger partial charge in [-0.15, -0.1) is 11.3 Å². The molecule has 0 atom stereocenters. The quantitative estimate of drug-likeness (QED) is 0.755. The summed E-state index contributed by atoms with van der Waals surface area (Å²) in [5.74, 6) is 0.0628. The molecule has 1 aliphatic rings. The molecule has 1 saturated heterocycles. The number of rotatable bonds is 5. The van der Waals surface area contributed by atoms with Gasteiger partial charge in [0.1, 0.15) is 5.01 Å². The summed E-state index contributed by atoms with van der Waals surface area (Å²) in [6.07, 6.45) is 0. The second-order valence-corrected chi connectivity index (χ2v) is 5.34. The Kier molecular flexibility index (Phi) is 4.82. The van der Waals surface area contributed by atoms with Crippen LogP contribution in [0.2, 0.25) is 0 Å². The summed E-state index contributed by atoms with van der Waals surface area (Å²) in [5.41, 5.74) is 0.762. The molecule has 0 unspecified atom stereocenters. The summed E-state index contributed by atoms with van der Waals surface area (Å²) in [4.78, 5) is 19.1. The van der Waals surface area contributed by atoms with Crippen molar-refractivity contribution in [3.05, 3.63) is 15.6 Å². The van der Waals surface area contributed by atoms with Crippen molar-refractivity contribution < 1.29 is 14.3 Å². The minimum Gasteiger partial charge on any atom is -0.379 e. The summed E-state index contributed by atoms with van der Waals surface area (Å²) in [6, 6.07) is 0. The predicted octanol–water partition coefficient (Wildman–Crippen LogP) is 1.32. The third-order valence-electron chi connectivity index (χ3n) is 2.81. The number of methoxy groups -OCH3 is 1. The second-order valence-electron chi connectivity index (χ2n) is 4.26. The first-order valence-corrected chi connectivity index (χ1v) is 6.81. The van der Waals surface area contributed by atoms with E-state index in [1.54, 1.807) is 14.0 Å².